The fraction of sp³-hybridized carbons (Fsp3) is 0.400. The number of primary amides is 1. The Morgan fingerprint density at radius 3 is 2.50 bits per heavy atom. The van der Waals surface area contributed by atoms with E-state index in [9.17, 15) is 28.0 Å². The molecule has 2 aromatic rings. The topological polar surface area (TPSA) is 137 Å². The third kappa shape index (κ3) is 6.91. The zero-order valence-corrected chi connectivity index (χ0v) is 18.2. The van der Waals surface area contributed by atoms with Crippen LogP contribution >= 0.6 is 11.6 Å². The number of benzene rings is 1. The number of nitrogens with two attached hydrogens (primary N) is 1. The molecule has 0 saturated heterocycles. The van der Waals surface area contributed by atoms with Gasteiger partial charge in [0.1, 0.15) is 17.6 Å². The second-order valence-corrected chi connectivity index (χ2v) is 7.94. The fourth-order valence-electron chi connectivity index (χ4n) is 2.94. The lowest BCUT2D eigenvalue weighted by atomic mass is 10.0. The second kappa shape index (κ2) is 10.9. The van der Waals surface area contributed by atoms with Crippen LogP contribution in [0.25, 0.3) is 10.9 Å². The molecule has 9 nitrogen and oxygen atoms in total. The molecule has 32 heavy (non-hydrogen) atoms. The van der Waals surface area contributed by atoms with E-state index < -0.39 is 47.7 Å². The van der Waals surface area contributed by atoms with Gasteiger partial charge in [-0.3, -0.25) is 24.6 Å². The number of fused-ring (bicyclic) bond motifs is 1. The van der Waals surface area contributed by atoms with Gasteiger partial charge in [-0.15, -0.1) is 0 Å². The van der Waals surface area contributed by atoms with Gasteiger partial charge < -0.3 is 16.0 Å². The van der Waals surface area contributed by atoms with Crippen LogP contribution in [0, 0.1) is 11.7 Å². The van der Waals surface area contributed by atoms with E-state index in [-0.39, 0.29) is 24.5 Å². The molecule has 1 aromatic heterocycles. The number of carbonyl (C=O) groups excluding carboxylic acids is 4. The van der Waals surface area contributed by atoms with Crippen molar-refractivity contribution in [3.63, 3.8) is 0 Å². The first-order valence-corrected chi connectivity index (χ1v) is 10.2. The average Bonchev–Trinajstić information content (AvgIpc) is 3.12. The summed E-state index contributed by atoms with van der Waals surface area (Å²) in [6, 6.07) is 4.29. The predicted octanol–water partition coefficient (Wildman–Crippen LogP) is 1.72. The molecule has 174 valence electrons. The molecule has 0 aliphatic rings. The Morgan fingerprint density at radius 1 is 1.22 bits per heavy atom. The van der Waals surface area contributed by atoms with Crippen molar-refractivity contribution in [2.45, 2.75) is 38.4 Å². The van der Waals surface area contributed by atoms with E-state index in [1.54, 1.807) is 0 Å². The third-order valence-electron chi connectivity index (χ3n) is 4.44. The number of nitrogens with one attached hydrogen (secondary N) is 3. The molecule has 0 spiro atoms. The number of halogens is 3. The smallest absolute Gasteiger partial charge is 0.291 e. The van der Waals surface area contributed by atoms with Gasteiger partial charge in [0.25, 0.3) is 23.4 Å². The molecule has 0 aliphatic heterocycles. The summed E-state index contributed by atoms with van der Waals surface area (Å²) in [7, 11) is 0. The van der Waals surface area contributed by atoms with Gasteiger partial charge in [-0.05, 0) is 36.6 Å². The summed E-state index contributed by atoms with van der Waals surface area (Å²) in [5.74, 6) is -4.02. The highest BCUT2D eigenvalue weighted by Gasteiger charge is 2.29. The van der Waals surface area contributed by atoms with E-state index in [0.717, 1.165) is 0 Å². The lowest BCUT2D eigenvalue weighted by molar-refractivity contribution is -0.144. The molecule has 0 radical (unpaired) electrons. The van der Waals surface area contributed by atoms with Crippen LogP contribution in [-0.4, -0.2) is 51.8 Å². The number of carbonyl (C=O) groups is 4. The van der Waals surface area contributed by atoms with Crippen molar-refractivity contribution in [3.8, 4) is 0 Å². The minimum atomic E-state index is -2.45. The monoisotopic (exact) mass is 471 g/mol. The molecule has 12 heteroatoms. The Morgan fingerprint density at radius 2 is 1.91 bits per heavy atom. The average molecular weight is 472 g/mol. The molecule has 2 atom stereocenters. The van der Waals surface area contributed by atoms with E-state index >= 15 is 0 Å². The van der Waals surface area contributed by atoms with Gasteiger partial charge in [-0.25, -0.2) is 13.8 Å². The van der Waals surface area contributed by atoms with Crippen LogP contribution in [0.1, 0.15) is 37.2 Å². The second-order valence-electron chi connectivity index (χ2n) is 7.55. The Labute approximate surface area is 187 Å². The Bertz CT molecular complexity index is 1010. The highest BCUT2D eigenvalue weighted by atomic mass is 35.5. The predicted molar refractivity (Wildman–Crippen MR) is 113 cm³/mol. The first-order valence-electron chi connectivity index (χ1n) is 9.75. The van der Waals surface area contributed by atoms with Crippen molar-refractivity contribution in [2.24, 2.45) is 11.7 Å². The maximum Gasteiger partial charge on any atom is 0.291 e. The number of alkyl halides is 2. The zero-order valence-electron chi connectivity index (χ0n) is 17.5. The highest BCUT2D eigenvalue weighted by Crippen LogP contribution is 2.17. The number of hydrazine groups is 1. The summed E-state index contributed by atoms with van der Waals surface area (Å²) in [6.45, 7) is 3.22. The van der Waals surface area contributed by atoms with Gasteiger partial charge in [-0.2, -0.15) is 0 Å². The van der Waals surface area contributed by atoms with Crippen LogP contribution < -0.4 is 16.5 Å². The van der Waals surface area contributed by atoms with Crippen molar-refractivity contribution >= 4 is 46.1 Å². The molecule has 5 N–H and O–H groups in total. The van der Waals surface area contributed by atoms with Crippen molar-refractivity contribution < 1.29 is 28.0 Å². The van der Waals surface area contributed by atoms with Gasteiger partial charge in [0, 0.05) is 17.3 Å². The van der Waals surface area contributed by atoms with Gasteiger partial charge in [-0.1, -0.05) is 25.4 Å². The normalized spacial score (nSPS) is 12.9. The molecular weight excluding hydrogens is 448 g/mol. The molecular formula is C20H24ClF2N5O4. The SMILES string of the molecule is CC(C)CC(NC(=O)c1cc2cc(F)ccc2[nH]1)C(=O)NN(CCC(N)=O)C(=O)C(F)Cl. The molecule has 1 aromatic carbocycles. The molecule has 1 heterocycles. The number of nitrogens with zero attached hydrogens (tertiary/aromatic N) is 1. The summed E-state index contributed by atoms with van der Waals surface area (Å²) in [4.78, 5) is 51.3. The van der Waals surface area contributed by atoms with Crippen LogP contribution in [0.2, 0.25) is 0 Å². The van der Waals surface area contributed by atoms with Crippen LogP contribution in [0.15, 0.2) is 24.3 Å². The number of amides is 4. The lowest BCUT2D eigenvalue weighted by Gasteiger charge is -2.27. The molecule has 0 bridgehead atoms. The third-order valence-corrected chi connectivity index (χ3v) is 4.62. The summed E-state index contributed by atoms with van der Waals surface area (Å²) in [5, 5.41) is 3.57. The molecule has 4 amide bonds. The fourth-order valence-corrected chi connectivity index (χ4v) is 3.05. The van der Waals surface area contributed by atoms with E-state index in [1.165, 1.54) is 24.3 Å². The van der Waals surface area contributed by atoms with Crippen LogP contribution in [-0.2, 0) is 14.4 Å². The Kier molecular flexibility index (Phi) is 8.53. The minimum Gasteiger partial charge on any atom is -0.370 e. The number of H-pyrrole nitrogens is 1. The molecule has 2 unspecified atom stereocenters. The maximum atomic E-state index is 13.4. The zero-order chi connectivity index (χ0) is 24.0. The number of hydrogen-bond donors (Lipinski definition) is 4. The quantitative estimate of drug-likeness (QED) is 0.327. The van der Waals surface area contributed by atoms with Crippen LogP contribution in [0.5, 0.6) is 0 Å². The minimum absolute atomic E-state index is 0.0421. The number of aromatic nitrogens is 1. The van der Waals surface area contributed by atoms with Gasteiger partial charge in [0.2, 0.25) is 5.91 Å². The van der Waals surface area contributed by atoms with Crippen molar-refractivity contribution in [3.05, 3.63) is 35.8 Å². The van der Waals surface area contributed by atoms with E-state index in [0.29, 0.717) is 15.9 Å². The van der Waals surface area contributed by atoms with Gasteiger partial charge >= 0.3 is 0 Å². The molecule has 2 rings (SSSR count). The summed E-state index contributed by atoms with van der Waals surface area (Å²) < 4.78 is 26.7. The van der Waals surface area contributed by atoms with Crippen molar-refractivity contribution in [1.29, 1.82) is 0 Å². The standard InChI is InChI=1S/C20H24ClF2N5O4/c1-10(2)7-14(19(31)27-28(6-5-16(24)29)20(32)17(21)23)26-18(30)15-9-11-8-12(22)3-4-13(11)25-15/h3-4,8-10,14,17,25H,5-7H2,1-2H3,(H2,24,29)(H,26,30)(H,27,31). The van der Waals surface area contributed by atoms with E-state index in [2.05, 4.69) is 15.7 Å². The van der Waals surface area contributed by atoms with Crippen LogP contribution in [0.4, 0.5) is 8.78 Å². The maximum absolute atomic E-state index is 13.4. The lowest BCUT2D eigenvalue weighted by Crippen LogP contribution is -2.56. The number of hydrogen-bond acceptors (Lipinski definition) is 4. The summed E-state index contributed by atoms with van der Waals surface area (Å²) >= 11 is 5.17. The molecule has 0 fully saturated rings. The van der Waals surface area contributed by atoms with E-state index in [4.69, 9.17) is 17.3 Å². The Hall–Kier alpha value is -3.21. The number of aromatic amines is 1. The first-order chi connectivity index (χ1) is 15.0. The first kappa shape index (κ1) is 25.1. The van der Waals surface area contributed by atoms with Crippen molar-refractivity contribution in [1.82, 2.24) is 20.7 Å². The van der Waals surface area contributed by atoms with Gasteiger partial charge in [0.05, 0.1) is 6.54 Å². The molecule has 0 aliphatic carbocycles. The highest BCUT2D eigenvalue weighted by molar-refractivity contribution is 6.29. The van der Waals surface area contributed by atoms with Crippen molar-refractivity contribution in [2.75, 3.05) is 6.54 Å². The molecule has 0 saturated carbocycles. The van der Waals surface area contributed by atoms with Crippen LogP contribution in [0.3, 0.4) is 0 Å². The summed E-state index contributed by atoms with van der Waals surface area (Å²) in [5.41, 5.74) is 5.41. The number of rotatable bonds is 9. The van der Waals surface area contributed by atoms with E-state index in [1.807, 2.05) is 13.8 Å². The largest absolute Gasteiger partial charge is 0.370 e. The Balaban J connectivity index is 2.18. The van der Waals surface area contributed by atoms with Gasteiger partial charge in [0.15, 0.2) is 0 Å². The summed E-state index contributed by atoms with van der Waals surface area (Å²) in [6.07, 6.45) is -0.160.